The minimum absolute atomic E-state index is 0.0236. The van der Waals surface area contributed by atoms with Crippen molar-refractivity contribution in [1.29, 1.82) is 0 Å². The van der Waals surface area contributed by atoms with Gasteiger partial charge in [-0.2, -0.15) is 0 Å². The second kappa shape index (κ2) is 6.37. The van der Waals surface area contributed by atoms with Crippen LogP contribution in [0.2, 0.25) is 0 Å². The van der Waals surface area contributed by atoms with Crippen molar-refractivity contribution < 1.29 is 23.0 Å². The lowest BCUT2D eigenvalue weighted by Gasteiger charge is -2.44. The highest BCUT2D eigenvalue weighted by Gasteiger charge is 2.40. The Hall–Kier alpha value is -2.90. The van der Waals surface area contributed by atoms with Crippen LogP contribution in [0.25, 0.3) is 0 Å². The molecule has 2 N–H and O–H groups in total. The number of benzene rings is 1. The first-order chi connectivity index (χ1) is 12.8. The lowest BCUT2D eigenvalue weighted by molar-refractivity contribution is 0.0724. The number of ether oxygens (including phenoxy) is 2. The van der Waals surface area contributed by atoms with Crippen molar-refractivity contribution in [2.75, 3.05) is 12.1 Å². The number of fused-ring (bicyclic) bond motifs is 1. The molecule has 27 heavy (non-hydrogen) atoms. The lowest BCUT2D eigenvalue weighted by atomic mass is 9.67. The van der Waals surface area contributed by atoms with E-state index >= 15 is 0 Å². The summed E-state index contributed by atoms with van der Waals surface area (Å²) in [5.41, 5.74) is 0.280. The molecule has 2 aromatic rings. The summed E-state index contributed by atoms with van der Waals surface area (Å²) in [5, 5.41) is 5.78. The fourth-order valence-corrected chi connectivity index (χ4v) is 3.26. The van der Waals surface area contributed by atoms with Crippen LogP contribution in [0.5, 0.6) is 11.5 Å². The monoisotopic (exact) mass is 375 g/mol. The number of nitrogens with zero attached hydrogens (tertiary/aromatic N) is 1. The third kappa shape index (κ3) is 3.39. The number of carbonyl (C=O) groups is 1. The average molecular weight is 375 g/mol. The first-order valence-corrected chi connectivity index (χ1v) is 8.66. The Morgan fingerprint density at radius 2 is 1.93 bits per heavy atom. The molecule has 0 radical (unpaired) electrons. The van der Waals surface area contributed by atoms with Crippen LogP contribution < -0.4 is 20.1 Å². The molecule has 1 unspecified atom stereocenters. The summed E-state index contributed by atoms with van der Waals surface area (Å²) < 4.78 is 37.6. The van der Waals surface area contributed by atoms with Crippen LogP contribution in [-0.2, 0) is 0 Å². The number of carbonyl (C=O) groups excluding carboxylic acids is 1. The first kappa shape index (κ1) is 17.5. The van der Waals surface area contributed by atoms with Crippen LogP contribution in [-0.4, -0.2) is 23.7 Å². The number of aromatic nitrogens is 1. The molecule has 1 amide bonds. The van der Waals surface area contributed by atoms with Crippen LogP contribution in [0.1, 0.15) is 37.2 Å². The number of amides is 1. The zero-order valence-corrected chi connectivity index (χ0v) is 14.9. The summed E-state index contributed by atoms with van der Waals surface area (Å²) in [4.78, 5) is 17.0. The predicted octanol–water partition coefficient (Wildman–Crippen LogP) is 3.75. The van der Waals surface area contributed by atoms with Crippen molar-refractivity contribution in [1.82, 2.24) is 10.3 Å². The van der Waals surface area contributed by atoms with Gasteiger partial charge >= 0.3 is 0 Å². The molecule has 0 saturated heterocycles. The zero-order chi connectivity index (χ0) is 19.2. The second-order valence-corrected chi connectivity index (χ2v) is 7.43. The molecule has 8 heteroatoms. The topological polar surface area (TPSA) is 72.5 Å². The van der Waals surface area contributed by atoms with Gasteiger partial charge < -0.3 is 20.1 Å². The van der Waals surface area contributed by atoms with E-state index in [1.165, 1.54) is 6.07 Å². The highest BCUT2D eigenvalue weighted by atomic mass is 19.1. The molecule has 1 aliphatic carbocycles. The summed E-state index contributed by atoms with van der Waals surface area (Å²) in [6.07, 6.45) is 1.94. The van der Waals surface area contributed by atoms with Crippen LogP contribution >= 0.6 is 0 Å². The van der Waals surface area contributed by atoms with E-state index in [4.69, 9.17) is 9.47 Å². The van der Waals surface area contributed by atoms with E-state index in [2.05, 4.69) is 29.5 Å². The van der Waals surface area contributed by atoms with Gasteiger partial charge in [0, 0.05) is 23.9 Å². The Morgan fingerprint density at radius 1 is 1.19 bits per heavy atom. The molecular weight excluding hydrogens is 356 g/mol. The molecule has 1 atom stereocenters. The second-order valence-electron chi connectivity index (χ2n) is 7.43. The molecule has 2 heterocycles. The summed E-state index contributed by atoms with van der Waals surface area (Å²) >= 11 is 0. The fourth-order valence-electron chi connectivity index (χ4n) is 3.26. The molecule has 142 valence electrons. The molecule has 1 aliphatic heterocycles. The van der Waals surface area contributed by atoms with Crippen molar-refractivity contribution in [2.24, 2.45) is 5.41 Å². The fraction of sp³-hybridized carbons (Fsp3) is 0.368. The third-order valence-electron chi connectivity index (χ3n) is 5.03. The summed E-state index contributed by atoms with van der Waals surface area (Å²) in [7, 11) is 0. The standard InChI is InChI=1S/C19H19F2N3O3/c1-19(2)4-3-14(19)23-18(25)16-17-13(26-9-27-17)8-15(24-16)22-12-6-10(20)5-11(21)7-12/h5-8,14H,3-4,9H2,1-2H3,(H,22,24)(H,23,25). The van der Waals surface area contributed by atoms with Gasteiger partial charge in [-0.25, -0.2) is 13.8 Å². The Bertz CT molecular complexity index is 897. The number of hydrogen-bond donors (Lipinski definition) is 2. The van der Waals surface area contributed by atoms with Gasteiger partial charge in [-0.1, -0.05) is 13.8 Å². The van der Waals surface area contributed by atoms with E-state index in [1.807, 2.05) is 0 Å². The zero-order valence-electron chi connectivity index (χ0n) is 14.9. The number of nitrogens with one attached hydrogen (secondary N) is 2. The maximum Gasteiger partial charge on any atom is 0.274 e. The van der Waals surface area contributed by atoms with E-state index in [9.17, 15) is 13.6 Å². The van der Waals surface area contributed by atoms with E-state index in [0.29, 0.717) is 5.75 Å². The predicted molar refractivity (Wildman–Crippen MR) is 94.3 cm³/mol. The maximum atomic E-state index is 13.4. The van der Waals surface area contributed by atoms with Crippen LogP contribution in [0.15, 0.2) is 24.3 Å². The molecular formula is C19H19F2N3O3. The van der Waals surface area contributed by atoms with Crippen molar-refractivity contribution in [3.63, 3.8) is 0 Å². The van der Waals surface area contributed by atoms with Crippen LogP contribution in [0.3, 0.4) is 0 Å². The van der Waals surface area contributed by atoms with Crippen molar-refractivity contribution in [2.45, 2.75) is 32.7 Å². The average Bonchev–Trinajstić information content (AvgIpc) is 3.05. The smallest absolute Gasteiger partial charge is 0.274 e. The van der Waals surface area contributed by atoms with Gasteiger partial charge in [0.2, 0.25) is 6.79 Å². The Balaban J connectivity index is 1.62. The minimum atomic E-state index is -0.719. The van der Waals surface area contributed by atoms with Crippen LogP contribution in [0, 0.1) is 17.0 Å². The molecule has 1 aromatic carbocycles. The largest absolute Gasteiger partial charge is 0.453 e. The Morgan fingerprint density at radius 3 is 2.56 bits per heavy atom. The summed E-state index contributed by atoms with van der Waals surface area (Å²) in [6.45, 7) is 4.16. The molecule has 0 spiro atoms. The van der Waals surface area contributed by atoms with Crippen molar-refractivity contribution >= 4 is 17.4 Å². The van der Waals surface area contributed by atoms with Gasteiger partial charge in [0.15, 0.2) is 17.2 Å². The Labute approximate surface area is 154 Å². The number of hydrogen-bond acceptors (Lipinski definition) is 5. The molecule has 6 nitrogen and oxygen atoms in total. The van der Waals surface area contributed by atoms with E-state index in [1.54, 1.807) is 0 Å². The van der Waals surface area contributed by atoms with Crippen LogP contribution in [0.4, 0.5) is 20.3 Å². The van der Waals surface area contributed by atoms with E-state index in [-0.39, 0.29) is 47.1 Å². The van der Waals surface area contributed by atoms with E-state index < -0.39 is 11.6 Å². The number of anilines is 2. The SMILES string of the molecule is CC1(C)CCC1NC(=O)c1nc(Nc2cc(F)cc(F)c2)cc2c1OCO2. The summed E-state index contributed by atoms with van der Waals surface area (Å²) in [5.74, 6) is -0.972. The minimum Gasteiger partial charge on any atom is -0.453 e. The highest BCUT2D eigenvalue weighted by molar-refractivity contribution is 5.97. The number of pyridine rings is 1. The molecule has 0 bridgehead atoms. The molecule has 1 aromatic heterocycles. The third-order valence-corrected chi connectivity index (χ3v) is 5.03. The molecule has 1 saturated carbocycles. The van der Waals surface area contributed by atoms with E-state index in [0.717, 1.165) is 31.0 Å². The molecule has 4 rings (SSSR count). The van der Waals surface area contributed by atoms with Gasteiger partial charge in [-0.15, -0.1) is 0 Å². The quantitative estimate of drug-likeness (QED) is 0.852. The maximum absolute atomic E-state index is 13.4. The van der Waals surface area contributed by atoms with Crippen molar-refractivity contribution in [3.8, 4) is 11.5 Å². The normalized spacial score (nSPS) is 19.3. The Kier molecular flexibility index (Phi) is 4.13. The van der Waals surface area contributed by atoms with Gasteiger partial charge in [0.1, 0.15) is 17.5 Å². The summed E-state index contributed by atoms with van der Waals surface area (Å²) in [6, 6.07) is 4.61. The lowest BCUT2D eigenvalue weighted by Crippen LogP contribution is -2.52. The number of halogens is 2. The van der Waals surface area contributed by atoms with Gasteiger partial charge in [-0.3, -0.25) is 4.79 Å². The van der Waals surface area contributed by atoms with Gasteiger partial charge in [0.05, 0.1) is 0 Å². The highest BCUT2D eigenvalue weighted by Crippen LogP contribution is 2.41. The first-order valence-electron chi connectivity index (χ1n) is 8.66. The molecule has 2 aliphatic rings. The van der Waals surface area contributed by atoms with Gasteiger partial charge in [0.25, 0.3) is 5.91 Å². The molecule has 1 fully saturated rings. The van der Waals surface area contributed by atoms with Gasteiger partial charge in [-0.05, 0) is 30.4 Å². The van der Waals surface area contributed by atoms with Crippen molar-refractivity contribution in [3.05, 3.63) is 41.6 Å². The number of rotatable bonds is 4.